The van der Waals surface area contributed by atoms with Crippen molar-refractivity contribution in [3.05, 3.63) is 0 Å². The van der Waals surface area contributed by atoms with Crippen LogP contribution in [0.2, 0.25) is 0 Å². The molecule has 1 heterocycles. The van der Waals surface area contributed by atoms with Crippen LogP contribution in [0.15, 0.2) is 0 Å². The van der Waals surface area contributed by atoms with Crippen molar-refractivity contribution < 1.29 is 14.3 Å². The molecular formula is C11H21NO3. The second-order valence-corrected chi connectivity index (χ2v) is 5.30. The van der Waals surface area contributed by atoms with Gasteiger partial charge >= 0.3 is 6.09 Å². The van der Waals surface area contributed by atoms with Gasteiger partial charge in [0.05, 0.1) is 0 Å². The Bertz CT molecular complexity index is 226. The summed E-state index contributed by atoms with van der Waals surface area (Å²) in [4.78, 5) is 11.6. The summed E-state index contributed by atoms with van der Waals surface area (Å²) in [6.07, 6.45) is 1.34. The van der Waals surface area contributed by atoms with Gasteiger partial charge in [-0.25, -0.2) is 4.79 Å². The van der Waals surface area contributed by atoms with Crippen LogP contribution in [-0.2, 0) is 9.47 Å². The van der Waals surface area contributed by atoms with Gasteiger partial charge in [-0.15, -0.1) is 0 Å². The fourth-order valence-electron chi connectivity index (χ4n) is 1.50. The highest BCUT2D eigenvalue weighted by atomic mass is 16.6. The quantitative estimate of drug-likeness (QED) is 0.728. The van der Waals surface area contributed by atoms with Crippen LogP contribution >= 0.6 is 0 Å². The summed E-state index contributed by atoms with van der Waals surface area (Å²) >= 11 is 0. The lowest BCUT2D eigenvalue weighted by atomic mass is 9.93. The van der Waals surface area contributed by atoms with Crippen molar-refractivity contribution in [3.8, 4) is 0 Å². The second kappa shape index (κ2) is 4.39. The number of hydrogen-bond acceptors (Lipinski definition) is 3. The smallest absolute Gasteiger partial charge is 0.408 e. The van der Waals surface area contributed by atoms with Gasteiger partial charge in [0.15, 0.2) is 0 Å². The zero-order chi connectivity index (χ0) is 11.5. The molecule has 1 rings (SSSR count). The molecule has 0 aliphatic carbocycles. The average Bonchev–Trinajstić information content (AvgIpc) is 1.99. The number of rotatable bonds is 1. The molecule has 4 heteroatoms. The molecule has 1 aliphatic rings. The standard InChI is InChI=1S/C11H21NO3/c1-10(2,3)15-9(13)12-11(4)5-7-14-8-6-11/h5-8H2,1-4H3,(H,12,13). The largest absolute Gasteiger partial charge is 0.444 e. The summed E-state index contributed by atoms with van der Waals surface area (Å²) in [5.41, 5.74) is -0.619. The summed E-state index contributed by atoms with van der Waals surface area (Å²) in [6, 6.07) is 0. The third kappa shape index (κ3) is 4.51. The molecule has 0 bridgehead atoms. The number of hydrogen-bond donors (Lipinski definition) is 1. The minimum atomic E-state index is -0.439. The zero-order valence-corrected chi connectivity index (χ0v) is 10.1. The lowest BCUT2D eigenvalue weighted by Gasteiger charge is -2.35. The van der Waals surface area contributed by atoms with Crippen molar-refractivity contribution in [2.24, 2.45) is 0 Å². The zero-order valence-electron chi connectivity index (χ0n) is 10.1. The molecule has 1 fully saturated rings. The Labute approximate surface area is 91.3 Å². The van der Waals surface area contributed by atoms with Gasteiger partial charge in [0.1, 0.15) is 5.60 Å². The van der Waals surface area contributed by atoms with E-state index in [0.29, 0.717) is 13.2 Å². The summed E-state index contributed by atoms with van der Waals surface area (Å²) in [6.45, 7) is 9.01. The fourth-order valence-corrected chi connectivity index (χ4v) is 1.50. The van der Waals surface area contributed by atoms with Crippen LogP contribution in [0, 0.1) is 0 Å². The first kappa shape index (κ1) is 12.3. The Morgan fingerprint density at radius 2 is 1.87 bits per heavy atom. The maximum atomic E-state index is 11.6. The topological polar surface area (TPSA) is 47.6 Å². The first-order valence-electron chi connectivity index (χ1n) is 5.40. The van der Waals surface area contributed by atoms with Crippen molar-refractivity contribution in [2.45, 2.75) is 51.7 Å². The van der Waals surface area contributed by atoms with Crippen molar-refractivity contribution >= 4 is 6.09 Å². The molecule has 0 radical (unpaired) electrons. The summed E-state index contributed by atoms with van der Waals surface area (Å²) in [5.74, 6) is 0. The molecule has 1 N–H and O–H groups in total. The highest BCUT2D eigenvalue weighted by Crippen LogP contribution is 2.20. The predicted molar refractivity (Wildman–Crippen MR) is 57.8 cm³/mol. The van der Waals surface area contributed by atoms with E-state index in [1.807, 2.05) is 27.7 Å². The van der Waals surface area contributed by atoms with Crippen molar-refractivity contribution in [1.82, 2.24) is 5.32 Å². The van der Waals surface area contributed by atoms with Crippen LogP contribution in [0.3, 0.4) is 0 Å². The van der Waals surface area contributed by atoms with Gasteiger partial charge in [-0.3, -0.25) is 0 Å². The Hall–Kier alpha value is -0.770. The molecule has 1 saturated heterocycles. The van der Waals surface area contributed by atoms with Gasteiger partial charge in [-0.2, -0.15) is 0 Å². The van der Waals surface area contributed by atoms with Crippen molar-refractivity contribution in [3.63, 3.8) is 0 Å². The maximum Gasteiger partial charge on any atom is 0.408 e. The number of amides is 1. The molecule has 15 heavy (non-hydrogen) atoms. The fraction of sp³-hybridized carbons (Fsp3) is 0.909. The van der Waals surface area contributed by atoms with Crippen LogP contribution in [0.5, 0.6) is 0 Å². The van der Waals surface area contributed by atoms with Crippen LogP contribution in [0.1, 0.15) is 40.5 Å². The molecule has 0 spiro atoms. The average molecular weight is 215 g/mol. The first-order chi connectivity index (χ1) is 6.81. The van der Waals surface area contributed by atoms with Gasteiger partial charge in [0.25, 0.3) is 0 Å². The highest BCUT2D eigenvalue weighted by Gasteiger charge is 2.30. The highest BCUT2D eigenvalue weighted by molar-refractivity contribution is 5.68. The SMILES string of the molecule is CC1(NC(=O)OC(C)(C)C)CCOCC1. The molecule has 1 amide bonds. The Morgan fingerprint density at radius 3 is 2.33 bits per heavy atom. The molecule has 88 valence electrons. The van der Waals surface area contributed by atoms with E-state index in [0.717, 1.165) is 12.8 Å². The van der Waals surface area contributed by atoms with E-state index in [1.165, 1.54) is 0 Å². The minimum Gasteiger partial charge on any atom is -0.444 e. The van der Waals surface area contributed by atoms with E-state index in [2.05, 4.69) is 5.32 Å². The van der Waals surface area contributed by atoms with Crippen molar-refractivity contribution in [2.75, 3.05) is 13.2 Å². The molecule has 0 saturated carbocycles. The number of carbonyl (C=O) groups is 1. The number of carbonyl (C=O) groups excluding carboxylic acids is 1. The van der Waals surface area contributed by atoms with Crippen LogP contribution in [0.25, 0.3) is 0 Å². The summed E-state index contributed by atoms with van der Waals surface area (Å²) in [7, 11) is 0. The Balaban J connectivity index is 2.42. The first-order valence-corrected chi connectivity index (χ1v) is 5.40. The summed E-state index contributed by atoms with van der Waals surface area (Å²) < 4.78 is 10.5. The van der Waals surface area contributed by atoms with Gasteiger partial charge in [0, 0.05) is 18.8 Å². The van der Waals surface area contributed by atoms with E-state index >= 15 is 0 Å². The van der Waals surface area contributed by atoms with Crippen molar-refractivity contribution in [1.29, 1.82) is 0 Å². The lowest BCUT2D eigenvalue weighted by molar-refractivity contribution is 0.0218. The molecule has 1 aliphatic heterocycles. The Morgan fingerprint density at radius 1 is 1.33 bits per heavy atom. The van der Waals surface area contributed by atoms with E-state index in [4.69, 9.17) is 9.47 Å². The number of nitrogens with one attached hydrogen (secondary N) is 1. The molecule has 4 nitrogen and oxygen atoms in total. The molecule has 0 atom stereocenters. The van der Waals surface area contributed by atoms with Gasteiger partial charge in [0.2, 0.25) is 0 Å². The van der Waals surface area contributed by atoms with E-state index in [1.54, 1.807) is 0 Å². The van der Waals surface area contributed by atoms with Crippen LogP contribution in [-0.4, -0.2) is 30.4 Å². The molecule has 0 aromatic rings. The normalized spacial score (nSPS) is 20.8. The minimum absolute atomic E-state index is 0.180. The molecular weight excluding hydrogens is 194 g/mol. The summed E-state index contributed by atoms with van der Waals surface area (Å²) in [5, 5.41) is 2.91. The predicted octanol–water partition coefficient (Wildman–Crippen LogP) is 2.08. The van der Waals surface area contributed by atoms with E-state index < -0.39 is 5.60 Å². The maximum absolute atomic E-state index is 11.6. The number of alkyl carbamates (subject to hydrolysis) is 1. The third-order valence-corrected chi connectivity index (χ3v) is 2.40. The lowest BCUT2D eigenvalue weighted by Crippen LogP contribution is -2.50. The molecule has 0 unspecified atom stereocenters. The molecule has 0 aromatic carbocycles. The van der Waals surface area contributed by atoms with E-state index in [-0.39, 0.29) is 11.6 Å². The second-order valence-electron chi connectivity index (χ2n) is 5.30. The number of ether oxygens (including phenoxy) is 2. The Kier molecular flexibility index (Phi) is 3.60. The van der Waals surface area contributed by atoms with Crippen LogP contribution < -0.4 is 5.32 Å². The van der Waals surface area contributed by atoms with Crippen LogP contribution in [0.4, 0.5) is 4.79 Å². The van der Waals surface area contributed by atoms with E-state index in [9.17, 15) is 4.79 Å². The van der Waals surface area contributed by atoms with Gasteiger partial charge in [-0.1, -0.05) is 0 Å². The monoisotopic (exact) mass is 215 g/mol. The third-order valence-electron chi connectivity index (χ3n) is 2.40. The molecule has 0 aromatic heterocycles. The van der Waals surface area contributed by atoms with Gasteiger partial charge in [-0.05, 0) is 40.5 Å². The van der Waals surface area contributed by atoms with Gasteiger partial charge < -0.3 is 14.8 Å².